The number of nitrogens with zero attached hydrogens (tertiary/aromatic N) is 2. The second-order valence-corrected chi connectivity index (χ2v) is 5.67. The Morgan fingerprint density at radius 3 is 2.80 bits per heavy atom. The Balaban J connectivity index is 2.79. The van der Waals surface area contributed by atoms with Gasteiger partial charge in [-0.15, -0.1) is 0 Å². The van der Waals surface area contributed by atoms with E-state index in [2.05, 4.69) is 21.1 Å². The van der Waals surface area contributed by atoms with Crippen LogP contribution in [-0.4, -0.2) is 22.6 Å². The van der Waals surface area contributed by atoms with Crippen molar-refractivity contribution in [1.82, 2.24) is 0 Å². The molecule has 0 spiro atoms. The summed E-state index contributed by atoms with van der Waals surface area (Å²) in [5.74, 6) is 0.260. The second-order valence-electron chi connectivity index (χ2n) is 4.81. The SMILES string of the molecule is CC(C)(CCOc1c(Br)cccc1[N+](=O)[O-])/C(N)=N/O. The monoisotopic (exact) mass is 345 g/mol. The number of halogens is 1. The van der Waals surface area contributed by atoms with Crippen molar-refractivity contribution in [2.75, 3.05) is 6.61 Å². The highest BCUT2D eigenvalue weighted by molar-refractivity contribution is 9.10. The summed E-state index contributed by atoms with van der Waals surface area (Å²) in [7, 11) is 0. The Kier molecular flexibility index (Phi) is 5.32. The minimum absolute atomic E-state index is 0.0859. The number of amidine groups is 1. The van der Waals surface area contributed by atoms with Crippen molar-refractivity contribution >= 4 is 27.5 Å². The highest BCUT2D eigenvalue weighted by Crippen LogP contribution is 2.35. The Morgan fingerprint density at radius 1 is 1.60 bits per heavy atom. The van der Waals surface area contributed by atoms with Crippen LogP contribution in [-0.2, 0) is 0 Å². The normalized spacial score (nSPS) is 12.2. The molecule has 0 aliphatic heterocycles. The summed E-state index contributed by atoms with van der Waals surface area (Å²) in [5, 5.41) is 22.6. The van der Waals surface area contributed by atoms with Gasteiger partial charge in [-0.25, -0.2) is 0 Å². The second kappa shape index (κ2) is 6.56. The maximum atomic E-state index is 10.9. The van der Waals surface area contributed by atoms with Crippen LogP contribution in [0.5, 0.6) is 5.75 Å². The molecule has 0 saturated heterocycles. The number of nitrogens with two attached hydrogens (primary N) is 1. The third kappa shape index (κ3) is 3.83. The summed E-state index contributed by atoms with van der Waals surface area (Å²) in [6.07, 6.45) is 0.446. The Labute approximate surface area is 124 Å². The van der Waals surface area contributed by atoms with Crippen LogP contribution in [0.4, 0.5) is 5.69 Å². The van der Waals surface area contributed by atoms with Crippen LogP contribution in [0.3, 0.4) is 0 Å². The van der Waals surface area contributed by atoms with E-state index < -0.39 is 10.3 Å². The molecule has 0 heterocycles. The van der Waals surface area contributed by atoms with Gasteiger partial charge >= 0.3 is 5.69 Å². The molecule has 0 unspecified atom stereocenters. The van der Waals surface area contributed by atoms with Crippen molar-refractivity contribution in [3.8, 4) is 5.75 Å². The Hall–Kier alpha value is -1.83. The zero-order valence-corrected chi connectivity index (χ0v) is 12.8. The lowest BCUT2D eigenvalue weighted by molar-refractivity contribution is -0.386. The topological polar surface area (TPSA) is 111 Å². The number of ether oxygens (including phenoxy) is 1. The lowest BCUT2D eigenvalue weighted by atomic mass is 9.88. The van der Waals surface area contributed by atoms with E-state index in [1.165, 1.54) is 6.07 Å². The van der Waals surface area contributed by atoms with Crippen LogP contribution in [0.1, 0.15) is 20.3 Å². The number of hydrogen-bond acceptors (Lipinski definition) is 5. The molecule has 0 aliphatic carbocycles. The van der Waals surface area contributed by atoms with Crippen LogP contribution >= 0.6 is 15.9 Å². The van der Waals surface area contributed by atoms with Gasteiger partial charge in [0.25, 0.3) is 0 Å². The van der Waals surface area contributed by atoms with E-state index in [1.54, 1.807) is 26.0 Å². The average Bonchev–Trinajstić information content (AvgIpc) is 2.39. The summed E-state index contributed by atoms with van der Waals surface area (Å²) in [6.45, 7) is 3.78. The fourth-order valence-corrected chi connectivity index (χ4v) is 1.93. The van der Waals surface area contributed by atoms with Gasteiger partial charge in [-0.3, -0.25) is 10.1 Å². The highest BCUT2D eigenvalue weighted by Gasteiger charge is 2.25. The van der Waals surface area contributed by atoms with Crippen molar-refractivity contribution < 1.29 is 14.9 Å². The quantitative estimate of drug-likeness (QED) is 0.270. The van der Waals surface area contributed by atoms with Gasteiger partial charge in [-0.1, -0.05) is 25.1 Å². The van der Waals surface area contributed by atoms with Crippen molar-refractivity contribution in [2.24, 2.45) is 16.3 Å². The summed E-state index contributed by atoms with van der Waals surface area (Å²) in [4.78, 5) is 10.4. The van der Waals surface area contributed by atoms with Crippen molar-refractivity contribution in [3.63, 3.8) is 0 Å². The molecule has 1 aromatic rings. The maximum Gasteiger partial charge on any atom is 0.312 e. The van der Waals surface area contributed by atoms with Gasteiger partial charge < -0.3 is 15.7 Å². The van der Waals surface area contributed by atoms with Gasteiger partial charge in [0.2, 0.25) is 5.75 Å². The third-order valence-electron chi connectivity index (χ3n) is 2.92. The van der Waals surface area contributed by atoms with E-state index in [4.69, 9.17) is 15.7 Å². The number of para-hydroxylation sites is 1. The molecule has 1 aromatic carbocycles. The molecule has 0 bridgehead atoms. The van der Waals surface area contributed by atoms with E-state index in [0.717, 1.165) is 0 Å². The molecular weight excluding hydrogens is 330 g/mol. The molecule has 0 aliphatic rings. The largest absolute Gasteiger partial charge is 0.486 e. The molecule has 0 atom stereocenters. The first-order chi connectivity index (χ1) is 9.29. The standard InChI is InChI=1S/C12H16BrN3O4/c1-12(2,11(14)15-17)6-7-20-10-8(13)4-3-5-9(10)16(18)19/h3-5,17H,6-7H2,1-2H3,(H2,14,15). The van der Waals surface area contributed by atoms with E-state index in [-0.39, 0.29) is 23.9 Å². The summed E-state index contributed by atoms with van der Waals surface area (Å²) >= 11 is 3.22. The van der Waals surface area contributed by atoms with Crippen molar-refractivity contribution in [1.29, 1.82) is 0 Å². The molecule has 0 aromatic heterocycles. The molecule has 0 amide bonds. The molecule has 110 valence electrons. The van der Waals surface area contributed by atoms with Gasteiger partial charge in [0.15, 0.2) is 0 Å². The van der Waals surface area contributed by atoms with Crippen LogP contribution in [0, 0.1) is 15.5 Å². The average molecular weight is 346 g/mol. The number of nitro groups is 1. The molecule has 8 heteroatoms. The van der Waals surface area contributed by atoms with Crippen molar-refractivity contribution in [3.05, 3.63) is 32.8 Å². The van der Waals surface area contributed by atoms with Crippen LogP contribution in [0.2, 0.25) is 0 Å². The van der Waals surface area contributed by atoms with Gasteiger partial charge in [0.1, 0.15) is 5.84 Å². The molecule has 0 saturated carbocycles. The zero-order chi connectivity index (χ0) is 15.3. The first kappa shape index (κ1) is 16.2. The Bertz CT molecular complexity index is 531. The van der Waals surface area contributed by atoms with E-state index >= 15 is 0 Å². The van der Waals surface area contributed by atoms with Gasteiger partial charge in [0, 0.05) is 11.5 Å². The molecule has 1 rings (SSSR count). The number of rotatable bonds is 6. The summed E-state index contributed by atoms with van der Waals surface area (Å²) < 4.78 is 5.99. The Morgan fingerprint density at radius 2 is 2.25 bits per heavy atom. The fraction of sp³-hybridized carbons (Fsp3) is 0.417. The van der Waals surface area contributed by atoms with Gasteiger partial charge in [-0.2, -0.15) is 0 Å². The predicted molar refractivity (Wildman–Crippen MR) is 78.1 cm³/mol. The summed E-state index contributed by atoms with van der Waals surface area (Å²) in [5.41, 5.74) is 4.89. The fourth-order valence-electron chi connectivity index (χ4n) is 1.46. The third-order valence-corrected chi connectivity index (χ3v) is 3.54. The number of benzene rings is 1. The maximum absolute atomic E-state index is 10.9. The van der Waals surface area contributed by atoms with E-state index in [1.807, 2.05) is 0 Å². The van der Waals surface area contributed by atoms with E-state index in [0.29, 0.717) is 10.9 Å². The lowest BCUT2D eigenvalue weighted by Crippen LogP contribution is -2.33. The van der Waals surface area contributed by atoms with E-state index in [9.17, 15) is 10.1 Å². The lowest BCUT2D eigenvalue weighted by Gasteiger charge is -2.22. The highest BCUT2D eigenvalue weighted by atomic mass is 79.9. The van der Waals surface area contributed by atoms with Crippen LogP contribution in [0.15, 0.2) is 27.8 Å². The molecule has 7 nitrogen and oxygen atoms in total. The van der Waals surface area contributed by atoms with Crippen LogP contribution in [0.25, 0.3) is 0 Å². The molecule has 0 fully saturated rings. The number of oxime groups is 1. The van der Waals surface area contributed by atoms with Gasteiger partial charge in [0.05, 0.1) is 16.0 Å². The minimum Gasteiger partial charge on any atom is -0.486 e. The predicted octanol–water partition coefficient (Wildman–Crippen LogP) is 2.90. The first-order valence-electron chi connectivity index (χ1n) is 5.83. The summed E-state index contributed by atoms with van der Waals surface area (Å²) in [6, 6.07) is 4.60. The molecular formula is C12H16BrN3O4. The van der Waals surface area contributed by atoms with Crippen molar-refractivity contribution in [2.45, 2.75) is 20.3 Å². The number of nitro benzene ring substituents is 1. The van der Waals surface area contributed by atoms with Crippen LogP contribution < -0.4 is 10.5 Å². The first-order valence-corrected chi connectivity index (χ1v) is 6.62. The zero-order valence-electron chi connectivity index (χ0n) is 11.2. The number of hydrogen-bond donors (Lipinski definition) is 2. The molecule has 3 N–H and O–H groups in total. The minimum atomic E-state index is -0.565. The molecule has 0 radical (unpaired) electrons. The van der Waals surface area contributed by atoms with Gasteiger partial charge in [-0.05, 0) is 28.4 Å². The molecule has 20 heavy (non-hydrogen) atoms. The smallest absolute Gasteiger partial charge is 0.312 e.